The third-order valence-electron chi connectivity index (χ3n) is 17.6. The van der Waals surface area contributed by atoms with Gasteiger partial charge in [0.15, 0.2) is 11.6 Å². The van der Waals surface area contributed by atoms with Crippen LogP contribution in [0.25, 0.3) is 0 Å². The molecule has 0 aliphatic heterocycles. The number of likely N-dealkylation sites (N-methyl/N-ethyl adjacent to an activating group) is 7. The fourth-order valence-electron chi connectivity index (χ4n) is 11.8. The Labute approximate surface area is 580 Å². The van der Waals surface area contributed by atoms with Crippen molar-refractivity contribution in [3.8, 4) is 0 Å². The molecule has 26 heteroatoms. The molecule has 5 N–H and O–H groups in total. The van der Waals surface area contributed by atoms with Gasteiger partial charge in [-0.25, -0.2) is 4.79 Å². The maximum atomic E-state index is 15.1. The predicted molar refractivity (Wildman–Crippen MR) is 372 cm³/mol. The molecule has 558 valence electrons. The lowest BCUT2D eigenvalue weighted by atomic mass is 9.85. The Bertz CT molecular complexity index is 2620. The average molecular weight is 1380 g/mol. The second-order valence-electron chi connectivity index (χ2n) is 29.5. The van der Waals surface area contributed by atoms with Gasteiger partial charge in [-0.15, -0.1) is 0 Å². The van der Waals surface area contributed by atoms with E-state index in [0.29, 0.717) is 19.3 Å². The minimum atomic E-state index is -1.60. The molecule has 0 aromatic rings. The molecule has 0 spiro atoms. The number of ether oxygens (including phenoxy) is 2. The third kappa shape index (κ3) is 28.7. The minimum absolute atomic E-state index is 0.0459. The molecule has 13 atom stereocenters. The van der Waals surface area contributed by atoms with Gasteiger partial charge >= 0.3 is 12.1 Å². The van der Waals surface area contributed by atoms with Crippen LogP contribution in [-0.4, -0.2) is 256 Å². The highest BCUT2D eigenvalue weighted by Gasteiger charge is 2.46. The number of nitrogens with one attached hydrogen (secondary N) is 2. The lowest BCUT2D eigenvalue weighted by Crippen LogP contribution is -2.63. The van der Waals surface area contributed by atoms with Crippen LogP contribution in [0.3, 0.4) is 0 Å². The monoisotopic (exact) mass is 1380 g/mol. The summed E-state index contributed by atoms with van der Waals surface area (Å²) in [7, 11) is 9.81. The summed E-state index contributed by atoms with van der Waals surface area (Å²) in [6.45, 7) is 32.5. The second-order valence-corrected chi connectivity index (χ2v) is 29.5. The number of rotatable bonds is 43. The van der Waals surface area contributed by atoms with Crippen molar-refractivity contribution in [2.45, 2.75) is 255 Å². The van der Waals surface area contributed by atoms with Crippen LogP contribution >= 0.6 is 0 Å². The van der Waals surface area contributed by atoms with E-state index in [1.165, 1.54) is 87.7 Å². The van der Waals surface area contributed by atoms with Crippen molar-refractivity contribution in [3.05, 3.63) is 12.2 Å². The molecule has 0 radical (unpaired) electrons. The first-order valence-electron chi connectivity index (χ1n) is 34.6. The van der Waals surface area contributed by atoms with Crippen molar-refractivity contribution in [2.24, 2.45) is 47.3 Å². The van der Waals surface area contributed by atoms with E-state index in [1.54, 1.807) is 88.3 Å². The number of aliphatic carboxylic acids is 1. The van der Waals surface area contributed by atoms with E-state index in [0.717, 1.165) is 9.80 Å². The molecule has 0 fully saturated rings. The van der Waals surface area contributed by atoms with Crippen LogP contribution in [0.15, 0.2) is 12.2 Å². The standard InChI is InChI=1S/C71H127N9O17/c1-27-29-32-46(13)61(86)60(63(88)73-51(28-2)66(91)74(20)40-57(84)85)79(25)69(94)58(45(11)12)78(24)68(93)54(37-43(7)8)77(23)67(92)53(36-42(5)6)76(22)64(89)48(15)72-62(87)47(14)38-55(82)52(35-41(3)4)75(21)65(90)50(44(9)10)39-56(83)59(49(16)96-34-31-30-33-81)80(26)70(95)97-71(17,18)19/h27,29,41-54,58-61,81,86H,28,30-40H2,1-26H3,(H,72,87)(H,73,88)(H,84,85)/b29-27+/t46-,47-,48-,49+,50+,51+,52+,53+,54+,58+,59+,60+,61-/m1/s1. The van der Waals surface area contributed by atoms with Crippen LogP contribution in [0.4, 0.5) is 4.79 Å². The van der Waals surface area contributed by atoms with Gasteiger partial charge in [-0.3, -0.25) is 57.6 Å². The van der Waals surface area contributed by atoms with Gasteiger partial charge in [0.2, 0.25) is 47.3 Å². The molecule has 0 bridgehead atoms. The number of carbonyl (C=O) groups is 12. The predicted octanol–water partition coefficient (Wildman–Crippen LogP) is 6.06. The number of unbranched alkanes of at least 4 members (excludes halogenated alkanes) is 1. The van der Waals surface area contributed by atoms with Crippen LogP contribution in [-0.2, 0) is 62.2 Å². The van der Waals surface area contributed by atoms with E-state index in [2.05, 4.69) is 10.6 Å². The van der Waals surface area contributed by atoms with Crippen molar-refractivity contribution < 1.29 is 82.3 Å². The summed E-state index contributed by atoms with van der Waals surface area (Å²) in [6.07, 6.45) is 1.63. The number of ketones is 2. The van der Waals surface area contributed by atoms with Crippen LogP contribution < -0.4 is 10.6 Å². The Morgan fingerprint density at radius 3 is 1.47 bits per heavy atom. The van der Waals surface area contributed by atoms with Gasteiger partial charge < -0.3 is 64.8 Å². The van der Waals surface area contributed by atoms with Gasteiger partial charge in [0, 0.05) is 87.2 Å². The number of carboxylic acids is 1. The fourth-order valence-corrected chi connectivity index (χ4v) is 11.8. The normalized spacial score (nSPS) is 16.0. The van der Waals surface area contributed by atoms with Gasteiger partial charge in [0.25, 0.3) is 0 Å². The zero-order chi connectivity index (χ0) is 75.6. The number of amides is 9. The Morgan fingerprint density at radius 2 is 1.02 bits per heavy atom. The van der Waals surface area contributed by atoms with Crippen LogP contribution in [0.2, 0.25) is 0 Å². The highest BCUT2D eigenvalue weighted by atomic mass is 16.6. The maximum absolute atomic E-state index is 15.1. The summed E-state index contributed by atoms with van der Waals surface area (Å²) in [4.78, 5) is 178. The molecule has 9 amide bonds. The molecular formula is C71H127N9O17. The van der Waals surface area contributed by atoms with Crippen molar-refractivity contribution in [1.82, 2.24) is 44.9 Å². The molecule has 0 saturated carbocycles. The number of aliphatic hydroxyl groups excluding tert-OH is 2. The van der Waals surface area contributed by atoms with Crippen molar-refractivity contribution in [3.63, 3.8) is 0 Å². The molecule has 26 nitrogen and oxygen atoms in total. The number of hydrogen-bond acceptors (Lipinski definition) is 16. The fraction of sp³-hybridized carbons (Fsp3) is 0.803. The lowest BCUT2D eigenvalue weighted by molar-refractivity contribution is -0.157. The topological polar surface area (TPSA) is 331 Å². The van der Waals surface area contributed by atoms with Gasteiger partial charge in [0.05, 0.1) is 18.2 Å². The van der Waals surface area contributed by atoms with Crippen LogP contribution in [0, 0.1) is 47.3 Å². The molecule has 0 unspecified atom stereocenters. The number of Topliss-reactive ketones (excluding diaryl/α,β-unsaturated/α-hetero) is 2. The van der Waals surface area contributed by atoms with Gasteiger partial charge in [-0.2, -0.15) is 0 Å². The lowest BCUT2D eigenvalue weighted by Gasteiger charge is -2.41. The van der Waals surface area contributed by atoms with Crippen LogP contribution in [0.5, 0.6) is 0 Å². The third-order valence-corrected chi connectivity index (χ3v) is 17.6. The molecule has 0 rings (SSSR count). The van der Waals surface area contributed by atoms with Crippen molar-refractivity contribution >= 4 is 70.9 Å². The number of hydrogen-bond donors (Lipinski definition) is 5. The van der Waals surface area contributed by atoms with Crippen molar-refractivity contribution in [2.75, 3.05) is 69.1 Å². The highest BCUT2D eigenvalue weighted by molar-refractivity contribution is 5.99. The summed E-state index contributed by atoms with van der Waals surface area (Å²) < 4.78 is 11.6. The smallest absolute Gasteiger partial charge is 0.410 e. The molecule has 0 heterocycles. The van der Waals surface area contributed by atoms with E-state index in [-0.39, 0.29) is 69.5 Å². The highest BCUT2D eigenvalue weighted by Crippen LogP contribution is 2.29. The molecule has 0 aliphatic rings. The van der Waals surface area contributed by atoms with E-state index in [9.17, 15) is 58.5 Å². The average Bonchev–Trinajstić information content (AvgIpc) is 0.812. The van der Waals surface area contributed by atoms with Gasteiger partial charge in [0.1, 0.15) is 54.4 Å². The molecule has 0 aromatic carbocycles. The van der Waals surface area contributed by atoms with E-state index in [4.69, 9.17) is 9.47 Å². The minimum Gasteiger partial charge on any atom is -0.480 e. The Morgan fingerprint density at radius 1 is 0.536 bits per heavy atom. The zero-order valence-electron chi connectivity index (χ0n) is 63.7. The summed E-state index contributed by atoms with van der Waals surface area (Å²) in [5.74, 6) is -11.6. The first kappa shape index (κ1) is 90.5. The molecule has 97 heavy (non-hydrogen) atoms. The first-order chi connectivity index (χ1) is 44.7. The molecule has 0 saturated heterocycles. The van der Waals surface area contributed by atoms with Crippen LogP contribution in [0.1, 0.15) is 189 Å². The quantitative estimate of drug-likeness (QED) is 0.0342. The number of allylic oxidation sites excluding steroid dienone is 2. The zero-order valence-corrected chi connectivity index (χ0v) is 63.7. The Hall–Kier alpha value is -6.54. The summed E-state index contributed by atoms with van der Waals surface area (Å²) in [5.41, 5.74) is -0.881. The largest absolute Gasteiger partial charge is 0.480 e. The number of carboxylic acid groups (broad SMARTS) is 1. The Balaban J connectivity index is 7.05. The summed E-state index contributed by atoms with van der Waals surface area (Å²) in [5, 5.41) is 35.9. The SMILES string of the molecule is C/C=C/C[C@@H](C)[C@@H](O)[C@@H](C(=O)N[C@@H](CC)C(=O)N(C)CC(=O)O)N(C)C(=O)[C@H](C(C)C)N(C)C(=O)[C@H](CC(C)C)N(C)C(=O)[C@H](CC(C)C)N(C)C(=O)[C@@H](C)NC(=O)[C@H](C)CC(=O)[C@H](CC(C)C)N(C)C(=O)[C@@H](CC(=O)[C@H]([C@H](C)OCCCCO)N(C)C(=O)OC(C)(C)C)C(C)C. The Kier molecular flexibility index (Phi) is 39.6. The number of carbonyl (C=O) groups excluding carboxylic acids is 11. The van der Waals surface area contributed by atoms with Crippen molar-refractivity contribution in [1.29, 1.82) is 0 Å². The molecule has 0 aliphatic carbocycles. The van der Waals surface area contributed by atoms with E-state index in [1.807, 2.05) is 41.5 Å². The van der Waals surface area contributed by atoms with Gasteiger partial charge in [-0.1, -0.05) is 102 Å². The maximum Gasteiger partial charge on any atom is 0.410 e. The first-order valence-corrected chi connectivity index (χ1v) is 34.6. The van der Waals surface area contributed by atoms with E-state index >= 15 is 14.4 Å². The molecular weight excluding hydrogens is 1250 g/mol. The number of nitrogens with zero attached hydrogens (tertiary/aromatic N) is 7. The number of aliphatic hydroxyl groups is 2. The summed E-state index contributed by atoms with van der Waals surface area (Å²) >= 11 is 0. The second kappa shape index (κ2) is 42.4. The summed E-state index contributed by atoms with van der Waals surface area (Å²) in [6, 6.07) is -9.87. The van der Waals surface area contributed by atoms with Gasteiger partial charge in [-0.05, 0) is 122 Å². The molecule has 0 aromatic heterocycles. The van der Waals surface area contributed by atoms with E-state index < -0.39 is 173 Å².